The second kappa shape index (κ2) is 12.2. The number of anilines is 2. The smallest absolute Gasteiger partial charge is 0.367 e. The summed E-state index contributed by atoms with van der Waals surface area (Å²) in [4.78, 5) is 35.9. The summed E-state index contributed by atoms with van der Waals surface area (Å²) in [6.45, 7) is 2.85. The molecule has 1 aromatic heterocycles. The first-order valence-electron chi connectivity index (χ1n) is 14.3. The average Bonchev–Trinajstić information content (AvgIpc) is 3.04. The number of carbonyl (C=O) groups is 2. The van der Waals surface area contributed by atoms with Gasteiger partial charge in [0.15, 0.2) is 0 Å². The number of nitrogens with one attached hydrogen (secondary N) is 1. The van der Waals surface area contributed by atoms with Crippen molar-refractivity contribution in [3.8, 4) is 11.1 Å². The summed E-state index contributed by atoms with van der Waals surface area (Å²) >= 11 is 6.06. The molecule has 0 aliphatic carbocycles. The minimum absolute atomic E-state index is 0.0207. The standard InChI is InChI=1S/C33H29ClF3N5O2/c34-27-10-11-28(33(35,36)37)26(18-27)21-42-13-12-38-30-29(42)19-25(20-39-30)22-6-8-24(9-7-22)32(44)41-16-14-40(15-17-41)31(43)23-4-2-1-3-5-23/h1-11,18-20H,12-17,21H2,(H,38,39). The van der Waals surface area contributed by atoms with E-state index in [9.17, 15) is 22.8 Å². The Hall–Kier alpha value is -4.57. The van der Waals surface area contributed by atoms with Crippen molar-refractivity contribution in [3.05, 3.63) is 112 Å². The third kappa shape index (κ3) is 6.21. The second-order valence-corrected chi connectivity index (χ2v) is 11.2. The van der Waals surface area contributed by atoms with Crippen LogP contribution in [0.2, 0.25) is 5.02 Å². The van der Waals surface area contributed by atoms with E-state index in [4.69, 9.17) is 11.6 Å². The fourth-order valence-corrected chi connectivity index (χ4v) is 5.82. The summed E-state index contributed by atoms with van der Waals surface area (Å²) in [5.41, 5.74) is 2.82. The third-order valence-corrected chi connectivity index (χ3v) is 8.19. The number of carbonyl (C=O) groups excluding carboxylic acids is 2. The van der Waals surface area contributed by atoms with Crippen molar-refractivity contribution in [1.82, 2.24) is 14.8 Å². The monoisotopic (exact) mass is 619 g/mol. The minimum atomic E-state index is -4.50. The van der Waals surface area contributed by atoms with Crippen LogP contribution in [-0.2, 0) is 12.7 Å². The number of pyridine rings is 1. The molecule has 0 bridgehead atoms. The number of rotatable bonds is 5. The van der Waals surface area contributed by atoms with Crippen LogP contribution in [0.1, 0.15) is 31.8 Å². The highest BCUT2D eigenvalue weighted by atomic mass is 35.5. The van der Waals surface area contributed by atoms with E-state index in [0.29, 0.717) is 61.9 Å². The number of fused-ring (bicyclic) bond motifs is 1. The highest BCUT2D eigenvalue weighted by Gasteiger charge is 2.34. The highest BCUT2D eigenvalue weighted by molar-refractivity contribution is 6.30. The molecule has 226 valence electrons. The molecule has 1 fully saturated rings. The Morgan fingerprint density at radius 3 is 2.07 bits per heavy atom. The molecule has 0 radical (unpaired) electrons. The van der Waals surface area contributed by atoms with E-state index < -0.39 is 11.7 Å². The zero-order valence-corrected chi connectivity index (χ0v) is 24.4. The predicted octanol–water partition coefficient (Wildman–Crippen LogP) is 6.45. The zero-order chi connectivity index (χ0) is 30.8. The Kier molecular flexibility index (Phi) is 8.18. The molecule has 4 aromatic rings. The largest absolute Gasteiger partial charge is 0.416 e. The normalized spacial score (nSPS) is 15.0. The topological polar surface area (TPSA) is 68.8 Å². The number of nitrogens with zero attached hydrogens (tertiary/aromatic N) is 4. The van der Waals surface area contributed by atoms with E-state index in [0.717, 1.165) is 17.2 Å². The van der Waals surface area contributed by atoms with Crippen LogP contribution in [-0.4, -0.2) is 65.9 Å². The number of piperazine rings is 1. The van der Waals surface area contributed by atoms with Crippen LogP contribution in [0, 0.1) is 0 Å². The molecule has 0 saturated carbocycles. The van der Waals surface area contributed by atoms with Crippen molar-refractivity contribution in [2.45, 2.75) is 12.7 Å². The summed E-state index contributed by atoms with van der Waals surface area (Å²) in [7, 11) is 0. The van der Waals surface area contributed by atoms with Crippen molar-refractivity contribution in [3.63, 3.8) is 0 Å². The Morgan fingerprint density at radius 2 is 1.43 bits per heavy atom. The molecule has 0 unspecified atom stereocenters. The highest BCUT2D eigenvalue weighted by Crippen LogP contribution is 2.37. The number of aromatic nitrogens is 1. The lowest BCUT2D eigenvalue weighted by molar-refractivity contribution is -0.138. The molecule has 2 aliphatic rings. The Morgan fingerprint density at radius 1 is 0.795 bits per heavy atom. The summed E-state index contributed by atoms with van der Waals surface area (Å²) in [6.07, 6.45) is -2.79. The number of amides is 2. The summed E-state index contributed by atoms with van der Waals surface area (Å²) < 4.78 is 41.1. The molecule has 2 amide bonds. The zero-order valence-electron chi connectivity index (χ0n) is 23.6. The lowest BCUT2D eigenvalue weighted by Gasteiger charge is -2.35. The van der Waals surface area contributed by atoms with Crippen LogP contribution in [0.15, 0.2) is 85.1 Å². The van der Waals surface area contributed by atoms with E-state index in [-0.39, 0.29) is 28.9 Å². The van der Waals surface area contributed by atoms with Crippen LogP contribution in [0.4, 0.5) is 24.7 Å². The van der Waals surface area contributed by atoms with Crippen molar-refractivity contribution in [2.24, 2.45) is 0 Å². The number of benzene rings is 3. The lowest BCUT2D eigenvalue weighted by atomic mass is 10.0. The van der Waals surface area contributed by atoms with E-state index in [1.54, 1.807) is 40.3 Å². The molecule has 3 aromatic carbocycles. The van der Waals surface area contributed by atoms with Gasteiger partial charge >= 0.3 is 6.18 Å². The lowest BCUT2D eigenvalue weighted by Crippen LogP contribution is -2.50. The fraction of sp³-hybridized carbons (Fsp3) is 0.242. The fourth-order valence-electron chi connectivity index (χ4n) is 5.62. The molecule has 0 atom stereocenters. The van der Waals surface area contributed by atoms with Crippen molar-refractivity contribution >= 4 is 34.9 Å². The maximum atomic E-state index is 13.7. The third-order valence-electron chi connectivity index (χ3n) is 7.96. The van der Waals surface area contributed by atoms with Gasteiger partial charge in [-0.25, -0.2) is 4.98 Å². The van der Waals surface area contributed by atoms with Gasteiger partial charge in [0, 0.05) is 73.7 Å². The first-order chi connectivity index (χ1) is 21.2. The number of alkyl halides is 3. The van der Waals surface area contributed by atoms with Gasteiger partial charge in [0.05, 0.1) is 11.3 Å². The maximum Gasteiger partial charge on any atom is 0.416 e. The van der Waals surface area contributed by atoms with Gasteiger partial charge < -0.3 is 20.0 Å². The van der Waals surface area contributed by atoms with Gasteiger partial charge in [-0.1, -0.05) is 41.9 Å². The van der Waals surface area contributed by atoms with Gasteiger partial charge in [-0.05, 0) is 59.7 Å². The molecule has 11 heteroatoms. The molecule has 44 heavy (non-hydrogen) atoms. The van der Waals surface area contributed by atoms with Gasteiger partial charge in [-0.2, -0.15) is 13.2 Å². The summed E-state index contributed by atoms with van der Waals surface area (Å²) in [5, 5.41) is 3.46. The summed E-state index contributed by atoms with van der Waals surface area (Å²) in [6, 6.07) is 21.8. The van der Waals surface area contributed by atoms with Crippen molar-refractivity contribution < 1.29 is 22.8 Å². The molecule has 1 N–H and O–H groups in total. The Balaban J connectivity index is 1.15. The molecule has 1 saturated heterocycles. The SMILES string of the molecule is O=C(c1ccccc1)N1CCN(C(=O)c2ccc(-c3cnc4c(c3)N(Cc3cc(Cl)ccc3C(F)(F)F)CCN4)cc2)CC1. The van der Waals surface area contributed by atoms with Gasteiger partial charge in [0.2, 0.25) is 0 Å². The second-order valence-electron chi connectivity index (χ2n) is 10.8. The molecule has 6 rings (SSSR count). The predicted molar refractivity (Wildman–Crippen MR) is 164 cm³/mol. The Bertz CT molecular complexity index is 1670. The van der Waals surface area contributed by atoms with E-state index in [1.165, 1.54) is 12.1 Å². The maximum absolute atomic E-state index is 13.7. The van der Waals surface area contributed by atoms with E-state index in [2.05, 4.69) is 10.3 Å². The van der Waals surface area contributed by atoms with Gasteiger partial charge in [0.1, 0.15) is 5.82 Å². The summed E-state index contributed by atoms with van der Waals surface area (Å²) in [5.74, 6) is 0.444. The number of hydrogen-bond acceptors (Lipinski definition) is 5. The number of halogens is 4. The number of hydrogen-bond donors (Lipinski definition) is 1. The van der Waals surface area contributed by atoms with E-state index in [1.807, 2.05) is 41.3 Å². The Labute approximate surface area is 257 Å². The average molecular weight is 620 g/mol. The van der Waals surface area contributed by atoms with Gasteiger partial charge in [0.25, 0.3) is 11.8 Å². The first-order valence-corrected chi connectivity index (χ1v) is 14.6. The molecule has 7 nitrogen and oxygen atoms in total. The van der Waals surface area contributed by atoms with Crippen LogP contribution >= 0.6 is 11.6 Å². The van der Waals surface area contributed by atoms with Gasteiger partial charge in [-0.3, -0.25) is 9.59 Å². The van der Waals surface area contributed by atoms with Crippen LogP contribution in [0.5, 0.6) is 0 Å². The molecule has 2 aliphatic heterocycles. The van der Waals surface area contributed by atoms with Crippen LogP contribution in [0.25, 0.3) is 11.1 Å². The molecular weight excluding hydrogens is 591 g/mol. The van der Waals surface area contributed by atoms with Crippen molar-refractivity contribution in [1.29, 1.82) is 0 Å². The molecule has 0 spiro atoms. The molecular formula is C33H29ClF3N5O2. The van der Waals surface area contributed by atoms with Crippen molar-refractivity contribution in [2.75, 3.05) is 49.5 Å². The first kappa shape index (κ1) is 29.5. The van der Waals surface area contributed by atoms with Gasteiger partial charge in [-0.15, -0.1) is 0 Å². The van der Waals surface area contributed by atoms with Crippen LogP contribution in [0.3, 0.4) is 0 Å². The van der Waals surface area contributed by atoms with E-state index >= 15 is 0 Å². The quantitative estimate of drug-likeness (QED) is 0.278. The molecule has 3 heterocycles. The minimum Gasteiger partial charge on any atom is -0.367 e. The van der Waals surface area contributed by atoms with Crippen LogP contribution < -0.4 is 10.2 Å².